The number of thioether (sulfide) groups is 1. The Bertz CT molecular complexity index is 1070. The third-order valence-electron chi connectivity index (χ3n) is 6.28. The van der Waals surface area contributed by atoms with Gasteiger partial charge in [0.25, 0.3) is 4.99 Å². The van der Waals surface area contributed by atoms with Gasteiger partial charge in [-0.2, -0.15) is 0 Å². The summed E-state index contributed by atoms with van der Waals surface area (Å²) < 4.78 is 5.34. The molecule has 3 rings (SSSR count). The lowest BCUT2D eigenvalue weighted by Crippen LogP contribution is -2.33. The number of aryl methyl sites for hydroxylation is 2. The fraction of sp³-hybridized carbons (Fsp3) is 0.481. The molecule has 0 aliphatic carbocycles. The second-order valence-electron chi connectivity index (χ2n) is 9.03. The van der Waals surface area contributed by atoms with Gasteiger partial charge in [0.15, 0.2) is 6.10 Å². The molecule has 2 aromatic carbocycles. The summed E-state index contributed by atoms with van der Waals surface area (Å²) in [6.45, 7) is 0. The number of hydrogen-bond donors (Lipinski definition) is 2. The fourth-order valence-electron chi connectivity index (χ4n) is 4.44. The third-order valence-corrected chi connectivity index (χ3v) is 7.72. The summed E-state index contributed by atoms with van der Waals surface area (Å²) in [5, 5.41) is 33.4. The molecule has 2 aromatic rings. The maximum absolute atomic E-state index is 12.1. The molecule has 2 N–H and O–H groups in total. The van der Waals surface area contributed by atoms with Gasteiger partial charge in [0.2, 0.25) is 0 Å². The monoisotopic (exact) mass is 526 g/mol. The first-order chi connectivity index (χ1) is 17.9. The first-order valence-corrected chi connectivity index (χ1v) is 13.4. The van der Waals surface area contributed by atoms with Crippen LogP contribution in [-0.2, 0) is 27.2 Å². The van der Waals surface area contributed by atoms with Crippen molar-refractivity contribution in [3.63, 3.8) is 0 Å². The van der Waals surface area contributed by atoms with Crippen LogP contribution in [0.1, 0.15) is 66.9 Å². The predicted molar refractivity (Wildman–Crippen MR) is 141 cm³/mol. The average Bonchev–Trinajstić information content (AvgIpc) is 3.33. The van der Waals surface area contributed by atoms with E-state index in [0.29, 0.717) is 0 Å². The number of nitrogens with zero attached hydrogens (tertiary/aromatic N) is 4. The van der Waals surface area contributed by atoms with Crippen molar-refractivity contribution < 1.29 is 24.5 Å². The average molecular weight is 527 g/mol. The zero-order chi connectivity index (χ0) is 26.5. The molecule has 10 heteroatoms. The van der Waals surface area contributed by atoms with Crippen LogP contribution in [0, 0.1) is 0 Å². The highest BCUT2D eigenvalue weighted by molar-refractivity contribution is 8.01. The van der Waals surface area contributed by atoms with Crippen LogP contribution in [-0.4, -0.2) is 40.4 Å². The Balaban J connectivity index is 1.61. The number of unbranched alkanes of at least 4 members (excludes halogenated alkanes) is 5. The summed E-state index contributed by atoms with van der Waals surface area (Å²) in [5.41, 5.74) is 3.16. The molecule has 1 heterocycles. The van der Waals surface area contributed by atoms with Crippen LogP contribution in [0.2, 0.25) is 0 Å². The summed E-state index contributed by atoms with van der Waals surface area (Å²) in [5.74, 6) is -2.28. The minimum absolute atomic E-state index is 0.469. The summed E-state index contributed by atoms with van der Waals surface area (Å²) in [6, 6.07) is 18.2. The zero-order valence-corrected chi connectivity index (χ0v) is 21.8. The van der Waals surface area contributed by atoms with Crippen LogP contribution < -0.4 is 0 Å². The minimum atomic E-state index is -1.53. The number of benzene rings is 2. The lowest BCUT2D eigenvalue weighted by molar-refractivity contribution is -0.148. The Morgan fingerprint density at radius 1 is 0.865 bits per heavy atom. The molecule has 0 saturated carbocycles. The van der Waals surface area contributed by atoms with E-state index in [1.54, 1.807) is 0 Å². The molecule has 1 aliphatic heterocycles. The van der Waals surface area contributed by atoms with Crippen molar-refractivity contribution in [2.75, 3.05) is 7.11 Å². The Kier molecular flexibility index (Phi) is 11.2. The van der Waals surface area contributed by atoms with Crippen LogP contribution >= 0.6 is 11.8 Å². The van der Waals surface area contributed by atoms with E-state index in [0.717, 1.165) is 55.0 Å². The molecule has 0 radical (unpaired) electrons. The molecule has 2 atom stereocenters. The maximum atomic E-state index is 12.1. The van der Waals surface area contributed by atoms with Crippen molar-refractivity contribution in [2.45, 2.75) is 74.1 Å². The topological polar surface area (TPSA) is 133 Å². The van der Waals surface area contributed by atoms with Gasteiger partial charge in [-0.25, -0.2) is 4.79 Å². The molecular formula is C27H34N4O5S. The van der Waals surface area contributed by atoms with Gasteiger partial charge < -0.3 is 14.9 Å². The van der Waals surface area contributed by atoms with E-state index in [1.807, 2.05) is 30.3 Å². The predicted octanol–water partition coefficient (Wildman–Crippen LogP) is 6.65. The Hall–Kier alpha value is -3.11. The molecule has 9 nitrogen and oxygen atoms in total. The molecule has 1 aliphatic rings. The first-order valence-electron chi connectivity index (χ1n) is 12.5. The number of rotatable bonds is 17. The molecule has 0 aromatic heterocycles. The number of carboxylic acids is 2. The largest absolute Gasteiger partial charge is 0.481 e. The molecule has 0 amide bonds. The summed E-state index contributed by atoms with van der Waals surface area (Å²) in [4.78, 5) is 22.0. The van der Waals surface area contributed by atoms with Gasteiger partial charge in [0, 0.05) is 7.11 Å². The highest BCUT2D eigenvalue weighted by Crippen LogP contribution is 2.48. The molecule has 2 unspecified atom stereocenters. The number of hydrogen-bond acceptors (Lipinski definition) is 8. The minimum Gasteiger partial charge on any atom is -0.481 e. The summed E-state index contributed by atoms with van der Waals surface area (Å²) in [6.07, 6.45) is 6.96. The highest BCUT2D eigenvalue weighted by Gasteiger charge is 2.44. The molecule has 198 valence electrons. The normalized spacial score (nSPS) is 15.5. The van der Waals surface area contributed by atoms with Crippen LogP contribution in [0.4, 0.5) is 0 Å². The smallest absolute Gasteiger partial charge is 0.334 e. The molecule has 0 saturated heterocycles. The Morgan fingerprint density at radius 2 is 1.46 bits per heavy atom. The first kappa shape index (κ1) is 28.5. The van der Waals surface area contributed by atoms with E-state index in [1.165, 1.54) is 31.9 Å². The van der Waals surface area contributed by atoms with Crippen molar-refractivity contribution in [3.8, 4) is 0 Å². The fourth-order valence-corrected chi connectivity index (χ4v) is 5.93. The van der Waals surface area contributed by atoms with Gasteiger partial charge in [-0.1, -0.05) is 92.0 Å². The number of carbonyl (C=O) groups is 2. The SMILES string of the molecule is COC(C(=O)O)C(SC1(CC(=O)O)N=NN=N1)c1ccccc1CCCCCCCCc1ccccc1. The van der Waals surface area contributed by atoms with E-state index in [9.17, 15) is 19.8 Å². The van der Waals surface area contributed by atoms with E-state index in [-0.39, 0.29) is 0 Å². The zero-order valence-electron chi connectivity index (χ0n) is 21.0. The molecule has 0 fully saturated rings. The van der Waals surface area contributed by atoms with Crippen LogP contribution in [0.5, 0.6) is 0 Å². The molecule has 37 heavy (non-hydrogen) atoms. The maximum Gasteiger partial charge on any atom is 0.334 e. The van der Waals surface area contributed by atoms with Crippen molar-refractivity contribution in [3.05, 3.63) is 71.3 Å². The lowest BCUT2D eigenvalue weighted by Gasteiger charge is -2.29. The van der Waals surface area contributed by atoms with E-state index in [2.05, 4.69) is 44.9 Å². The van der Waals surface area contributed by atoms with Gasteiger partial charge in [0.05, 0.1) is 5.25 Å². The molecule has 0 spiro atoms. The van der Waals surface area contributed by atoms with Gasteiger partial charge in [-0.15, -0.1) is 10.2 Å². The van der Waals surface area contributed by atoms with E-state index < -0.39 is 34.7 Å². The number of methoxy groups -OCH3 is 1. The van der Waals surface area contributed by atoms with Crippen molar-refractivity contribution >= 4 is 23.7 Å². The van der Waals surface area contributed by atoms with Gasteiger partial charge >= 0.3 is 11.9 Å². The van der Waals surface area contributed by atoms with E-state index in [4.69, 9.17) is 4.74 Å². The van der Waals surface area contributed by atoms with Crippen molar-refractivity contribution in [1.82, 2.24) is 0 Å². The van der Waals surface area contributed by atoms with Gasteiger partial charge in [0.1, 0.15) is 6.42 Å². The molecule has 0 bridgehead atoms. The standard InChI is InChI=1S/C27H34N4O5S/c1-36-24(26(34)35)25(37-27(19-23(32)33)28-30-31-29-27)22-18-12-11-17-21(22)16-10-5-3-2-4-7-13-20-14-8-6-9-15-20/h6,8-9,11-12,14-15,17-18,24-25H,2-5,7,10,13,16,19H2,1H3,(H,32,33)(H,34,35). The van der Waals surface area contributed by atoms with Crippen LogP contribution in [0.25, 0.3) is 0 Å². The number of ether oxygens (including phenoxy) is 1. The Morgan fingerprint density at radius 3 is 2.08 bits per heavy atom. The van der Waals surface area contributed by atoms with Crippen LogP contribution in [0.15, 0.2) is 75.3 Å². The molecular weight excluding hydrogens is 492 g/mol. The summed E-state index contributed by atoms with van der Waals surface area (Å²) >= 11 is 1.000. The van der Waals surface area contributed by atoms with Crippen LogP contribution in [0.3, 0.4) is 0 Å². The number of aliphatic carboxylic acids is 2. The van der Waals surface area contributed by atoms with Gasteiger partial charge in [-0.05, 0) is 52.8 Å². The second kappa shape index (κ2) is 14.6. The third kappa shape index (κ3) is 8.75. The second-order valence-corrected chi connectivity index (χ2v) is 10.4. The quantitative estimate of drug-likeness (QED) is 0.222. The summed E-state index contributed by atoms with van der Waals surface area (Å²) in [7, 11) is 1.33. The number of carboxylic acid groups (broad SMARTS) is 2. The van der Waals surface area contributed by atoms with Crippen molar-refractivity contribution in [1.29, 1.82) is 0 Å². The van der Waals surface area contributed by atoms with Crippen molar-refractivity contribution in [2.24, 2.45) is 20.7 Å². The Labute approximate surface area is 221 Å². The van der Waals surface area contributed by atoms with Gasteiger partial charge in [-0.3, -0.25) is 4.79 Å². The highest BCUT2D eigenvalue weighted by atomic mass is 32.2. The lowest BCUT2D eigenvalue weighted by atomic mass is 9.96. The van der Waals surface area contributed by atoms with E-state index >= 15 is 0 Å².